The molecule has 0 radical (unpaired) electrons. The molecule has 2 heterocycles. The van der Waals surface area contributed by atoms with E-state index < -0.39 is 10.8 Å². The first kappa shape index (κ1) is 17.6. The van der Waals surface area contributed by atoms with Crippen LogP contribution in [-0.2, 0) is 6.54 Å². The molecule has 0 saturated carbocycles. The van der Waals surface area contributed by atoms with Crippen LogP contribution in [0.25, 0.3) is 0 Å². The van der Waals surface area contributed by atoms with Gasteiger partial charge in [0.1, 0.15) is 5.76 Å². The van der Waals surface area contributed by atoms with Gasteiger partial charge in [0.2, 0.25) is 0 Å². The van der Waals surface area contributed by atoms with Gasteiger partial charge in [-0.25, -0.2) is 0 Å². The van der Waals surface area contributed by atoms with Crippen LogP contribution in [-0.4, -0.2) is 33.8 Å². The first-order valence-electron chi connectivity index (χ1n) is 7.87. The molecule has 1 aromatic carbocycles. The van der Waals surface area contributed by atoms with Gasteiger partial charge in [0.25, 0.3) is 5.91 Å². The molecule has 0 spiro atoms. The van der Waals surface area contributed by atoms with Gasteiger partial charge in [-0.15, -0.1) is 0 Å². The van der Waals surface area contributed by atoms with Gasteiger partial charge in [0.05, 0.1) is 17.7 Å². The Labute approximate surface area is 154 Å². The number of benzene rings is 1. The summed E-state index contributed by atoms with van der Waals surface area (Å²) in [6.07, 6.45) is 1.54. The zero-order valence-electron chi connectivity index (χ0n) is 13.7. The van der Waals surface area contributed by atoms with E-state index in [0.29, 0.717) is 31.0 Å². The zero-order chi connectivity index (χ0) is 18.5. The van der Waals surface area contributed by atoms with Crippen LogP contribution in [0.3, 0.4) is 0 Å². The molecule has 134 valence electrons. The van der Waals surface area contributed by atoms with Gasteiger partial charge in [-0.1, -0.05) is 30.4 Å². The first-order chi connectivity index (χ1) is 12.6. The SMILES string of the molecule is O=C(NC(=S)/C(=C1\NCCN1Cc1ccco1)[N+](=O)[O-])c1ccccc1. The highest BCUT2D eigenvalue weighted by molar-refractivity contribution is 7.80. The van der Waals surface area contributed by atoms with E-state index in [1.54, 1.807) is 53.6 Å². The van der Waals surface area contributed by atoms with Crippen molar-refractivity contribution in [3.63, 3.8) is 0 Å². The minimum Gasteiger partial charge on any atom is -0.467 e. The molecule has 0 aliphatic carbocycles. The van der Waals surface area contributed by atoms with Crippen LogP contribution in [0.1, 0.15) is 16.1 Å². The third kappa shape index (κ3) is 3.89. The van der Waals surface area contributed by atoms with Crippen molar-refractivity contribution in [1.29, 1.82) is 0 Å². The minimum absolute atomic E-state index is 0.238. The van der Waals surface area contributed by atoms with E-state index in [9.17, 15) is 14.9 Å². The first-order valence-corrected chi connectivity index (χ1v) is 8.27. The molecule has 26 heavy (non-hydrogen) atoms. The second kappa shape index (κ2) is 7.79. The van der Waals surface area contributed by atoms with Crippen molar-refractivity contribution in [2.24, 2.45) is 0 Å². The molecular formula is C17H16N4O4S. The zero-order valence-corrected chi connectivity index (χ0v) is 14.5. The van der Waals surface area contributed by atoms with Gasteiger partial charge >= 0.3 is 5.70 Å². The summed E-state index contributed by atoms with van der Waals surface area (Å²) >= 11 is 5.14. The number of nitrogens with one attached hydrogen (secondary N) is 2. The van der Waals surface area contributed by atoms with Crippen molar-refractivity contribution in [3.8, 4) is 0 Å². The lowest BCUT2D eigenvalue weighted by molar-refractivity contribution is -0.417. The van der Waals surface area contributed by atoms with Gasteiger partial charge in [-0.3, -0.25) is 14.9 Å². The number of nitro groups is 1. The van der Waals surface area contributed by atoms with Crippen LogP contribution in [0, 0.1) is 10.1 Å². The molecular weight excluding hydrogens is 356 g/mol. The fourth-order valence-electron chi connectivity index (χ4n) is 2.62. The van der Waals surface area contributed by atoms with Gasteiger partial charge in [0, 0.05) is 18.7 Å². The Morgan fingerprint density at radius 2 is 2.08 bits per heavy atom. The van der Waals surface area contributed by atoms with Crippen molar-refractivity contribution in [2.75, 3.05) is 13.1 Å². The third-order valence-corrected chi connectivity index (χ3v) is 4.10. The Kier molecular flexibility index (Phi) is 5.28. The van der Waals surface area contributed by atoms with Crippen LogP contribution in [0.2, 0.25) is 0 Å². The molecule has 1 aliphatic heterocycles. The lowest BCUT2D eigenvalue weighted by Crippen LogP contribution is -2.36. The fourth-order valence-corrected chi connectivity index (χ4v) is 2.88. The Morgan fingerprint density at radius 3 is 2.73 bits per heavy atom. The fraction of sp³-hybridized carbons (Fsp3) is 0.176. The lowest BCUT2D eigenvalue weighted by atomic mass is 10.2. The largest absolute Gasteiger partial charge is 0.467 e. The Balaban J connectivity index is 1.82. The normalized spacial score (nSPS) is 15.3. The summed E-state index contributed by atoms with van der Waals surface area (Å²) in [6.45, 7) is 1.45. The molecule has 0 bridgehead atoms. The molecule has 1 aromatic heterocycles. The van der Waals surface area contributed by atoms with Crippen molar-refractivity contribution in [3.05, 3.63) is 81.7 Å². The summed E-state index contributed by atoms with van der Waals surface area (Å²) in [4.78, 5) is 24.8. The monoisotopic (exact) mass is 372 g/mol. The molecule has 1 fully saturated rings. The number of furan rings is 1. The van der Waals surface area contributed by atoms with Crippen molar-refractivity contribution in [2.45, 2.75) is 6.54 Å². The third-order valence-electron chi connectivity index (χ3n) is 3.80. The molecule has 2 N–H and O–H groups in total. The molecule has 1 amide bonds. The van der Waals surface area contributed by atoms with E-state index in [4.69, 9.17) is 16.6 Å². The Hall–Kier alpha value is -3.20. The molecule has 1 saturated heterocycles. The number of thiocarbonyl (C=S) groups is 1. The second-order valence-electron chi connectivity index (χ2n) is 5.53. The minimum atomic E-state index is -0.587. The van der Waals surface area contributed by atoms with E-state index in [0.717, 1.165) is 0 Å². The molecule has 2 aromatic rings. The molecule has 1 aliphatic rings. The van der Waals surface area contributed by atoms with E-state index in [1.165, 1.54) is 0 Å². The number of nitrogens with zero attached hydrogens (tertiary/aromatic N) is 2. The molecule has 3 rings (SSSR count). The Morgan fingerprint density at radius 1 is 1.31 bits per heavy atom. The van der Waals surface area contributed by atoms with Gasteiger partial charge in [-0.05, 0) is 24.3 Å². The number of hydrogen-bond acceptors (Lipinski definition) is 7. The summed E-state index contributed by atoms with van der Waals surface area (Å²) < 4.78 is 5.30. The highest BCUT2D eigenvalue weighted by Crippen LogP contribution is 2.18. The summed E-state index contributed by atoms with van der Waals surface area (Å²) in [5.74, 6) is 0.448. The number of amides is 1. The summed E-state index contributed by atoms with van der Waals surface area (Å²) in [7, 11) is 0. The maximum Gasteiger partial charge on any atom is 0.343 e. The molecule has 0 unspecified atom stereocenters. The van der Waals surface area contributed by atoms with Crippen molar-refractivity contribution >= 4 is 23.1 Å². The van der Waals surface area contributed by atoms with Crippen molar-refractivity contribution in [1.82, 2.24) is 15.5 Å². The molecule has 9 heteroatoms. The predicted octanol–water partition coefficient (Wildman–Crippen LogP) is 1.89. The van der Waals surface area contributed by atoms with Crippen LogP contribution in [0.5, 0.6) is 0 Å². The number of carbonyl (C=O) groups is 1. The van der Waals surface area contributed by atoms with Crippen LogP contribution < -0.4 is 10.6 Å². The maximum atomic E-state index is 12.2. The predicted molar refractivity (Wildman–Crippen MR) is 97.6 cm³/mol. The second-order valence-corrected chi connectivity index (χ2v) is 5.94. The van der Waals surface area contributed by atoms with Crippen LogP contribution in [0.15, 0.2) is 64.7 Å². The Bertz CT molecular complexity index is 849. The number of hydrogen-bond donors (Lipinski definition) is 2. The highest BCUT2D eigenvalue weighted by atomic mass is 32.1. The van der Waals surface area contributed by atoms with Crippen molar-refractivity contribution < 1.29 is 14.1 Å². The van der Waals surface area contributed by atoms with E-state index in [1.807, 2.05) is 0 Å². The van der Waals surface area contributed by atoms with E-state index >= 15 is 0 Å². The van der Waals surface area contributed by atoms with Crippen LogP contribution >= 0.6 is 12.2 Å². The topological polar surface area (TPSA) is 101 Å². The average molecular weight is 372 g/mol. The van der Waals surface area contributed by atoms with Gasteiger partial charge in [-0.2, -0.15) is 0 Å². The quantitative estimate of drug-likeness (QED) is 0.358. The molecule has 8 nitrogen and oxygen atoms in total. The van der Waals surface area contributed by atoms with E-state index in [-0.39, 0.29) is 16.5 Å². The molecule has 0 atom stereocenters. The summed E-state index contributed by atoms with van der Waals surface area (Å²) in [5.41, 5.74) is 0.0303. The van der Waals surface area contributed by atoms with Gasteiger partial charge in [0.15, 0.2) is 10.8 Å². The lowest BCUT2D eigenvalue weighted by Gasteiger charge is -2.17. The summed E-state index contributed by atoms with van der Waals surface area (Å²) in [5, 5.41) is 17.0. The number of rotatable bonds is 5. The highest BCUT2D eigenvalue weighted by Gasteiger charge is 2.32. The smallest absolute Gasteiger partial charge is 0.343 e. The standard InChI is InChI=1S/C17H16N4O4S/c22-16(12-5-2-1-3-6-12)19-17(26)14(21(23)24)15-18-8-9-20(15)11-13-7-4-10-25-13/h1-7,10,18H,8-9,11H2,(H,19,22,26)/b15-14-. The van der Waals surface area contributed by atoms with Crippen LogP contribution in [0.4, 0.5) is 0 Å². The maximum absolute atomic E-state index is 12.2. The van der Waals surface area contributed by atoms with E-state index in [2.05, 4.69) is 10.6 Å². The summed E-state index contributed by atoms with van der Waals surface area (Å²) in [6, 6.07) is 11.9. The van der Waals surface area contributed by atoms with Gasteiger partial charge < -0.3 is 20.0 Å². The number of carbonyl (C=O) groups excluding carboxylic acids is 1. The average Bonchev–Trinajstić information content (AvgIpc) is 3.29.